The minimum Gasteiger partial charge on any atom is -0.379 e. The molecule has 0 radical (unpaired) electrons. The Morgan fingerprint density at radius 3 is 2.57 bits per heavy atom. The van der Waals surface area contributed by atoms with Crippen molar-refractivity contribution in [3.63, 3.8) is 0 Å². The molecule has 3 nitrogen and oxygen atoms in total. The summed E-state index contributed by atoms with van der Waals surface area (Å²) < 4.78 is 28.0. The molecule has 3 N–H and O–H groups in total. The minimum atomic E-state index is -0.968. The van der Waals surface area contributed by atoms with Gasteiger partial charge in [0.1, 0.15) is 11.6 Å². The Morgan fingerprint density at radius 1 is 1.24 bits per heavy atom. The highest BCUT2D eigenvalue weighted by Gasteiger charge is 2.13. The molecule has 2 aromatic rings. The Hall–Kier alpha value is -1.95. The summed E-state index contributed by atoms with van der Waals surface area (Å²) in [6.07, 6.45) is 0. The van der Waals surface area contributed by atoms with Gasteiger partial charge in [0.25, 0.3) is 5.91 Å². The monoisotopic (exact) mass is 354 g/mol. The van der Waals surface area contributed by atoms with Crippen molar-refractivity contribution in [2.45, 2.75) is 13.5 Å². The lowest BCUT2D eigenvalue weighted by Crippen LogP contribution is -2.14. The Labute approximate surface area is 129 Å². The summed E-state index contributed by atoms with van der Waals surface area (Å²) in [6.45, 7) is 2.28. The van der Waals surface area contributed by atoms with Crippen LogP contribution in [0.2, 0.25) is 0 Å². The van der Waals surface area contributed by atoms with Gasteiger partial charge in [-0.25, -0.2) is 8.78 Å². The first kappa shape index (κ1) is 15.4. The number of amides is 1. The van der Waals surface area contributed by atoms with Gasteiger partial charge in [0, 0.05) is 17.1 Å². The van der Waals surface area contributed by atoms with Gasteiger partial charge in [0.05, 0.1) is 11.3 Å². The molecule has 6 heteroatoms. The number of nitrogens with two attached hydrogens (primary N) is 1. The zero-order valence-corrected chi connectivity index (χ0v) is 12.8. The van der Waals surface area contributed by atoms with Crippen molar-refractivity contribution in [1.82, 2.24) is 0 Å². The van der Waals surface area contributed by atoms with Crippen molar-refractivity contribution in [3.8, 4) is 0 Å². The molecule has 1 amide bonds. The normalized spacial score (nSPS) is 10.5. The highest BCUT2D eigenvalue weighted by atomic mass is 79.9. The lowest BCUT2D eigenvalue weighted by atomic mass is 10.1. The number of hydrogen-bond donors (Lipinski definition) is 2. The maximum absolute atomic E-state index is 13.7. The molecule has 110 valence electrons. The smallest absolute Gasteiger partial charge is 0.251 e. The van der Waals surface area contributed by atoms with Crippen LogP contribution in [0.1, 0.15) is 21.5 Å². The van der Waals surface area contributed by atoms with E-state index < -0.39 is 17.5 Å². The van der Waals surface area contributed by atoms with Gasteiger partial charge in [-0.1, -0.05) is 28.1 Å². The third-order valence-electron chi connectivity index (χ3n) is 3.03. The van der Waals surface area contributed by atoms with Gasteiger partial charge in [-0.3, -0.25) is 4.79 Å². The Balaban J connectivity index is 2.21. The number of carbonyl (C=O) groups is 1. The van der Waals surface area contributed by atoms with Crippen molar-refractivity contribution in [1.29, 1.82) is 0 Å². The van der Waals surface area contributed by atoms with Gasteiger partial charge < -0.3 is 11.1 Å². The van der Waals surface area contributed by atoms with E-state index in [0.717, 1.165) is 21.7 Å². The van der Waals surface area contributed by atoms with Gasteiger partial charge in [0.15, 0.2) is 0 Å². The SMILES string of the molecule is Cc1cc(CNc2cc(C(N)=O)c(F)cc2F)ccc1Br. The van der Waals surface area contributed by atoms with Crippen molar-refractivity contribution in [3.05, 3.63) is 63.1 Å². The molecule has 0 saturated carbocycles. The van der Waals surface area contributed by atoms with Crippen LogP contribution in [0.4, 0.5) is 14.5 Å². The van der Waals surface area contributed by atoms with E-state index >= 15 is 0 Å². The Kier molecular flexibility index (Phi) is 4.57. The number of hydrogen-bond acceptors (Lipinski definition) is 2. The fourth-order valence-electron chi connectivity index (χ4n) is 1.89. The van der Waals surface area contributed by atoms with Crippen LogP contribution in [0.5, 0.6) is 0 Å². The van der Waals surface area contributed by atoms with Crippen LogP contribution in [0.15, 0.2) is 34.8 Å². The van der Waals surface area contributed by atoms with Gasteiger partial charge in [-0.15, -0.1) is 0 Å². The molecule has 0 aliphatic rings. The molecule has 2 rings (SSSR count). The Morgan fingerprint density at radius 2 is 1.95 bits per heavy atom. The fourth-order valence-corrected chi connectivity index (χ4v) is 2.13. The van der Waals surface area contributed by atoms with Crippen LogP contribution in [0, 0.1) is 18.6 Å². The third kappa shape index (κ3) is 3.58. The van der Waals surface area contributed by atoms with Crippen molar-refractivity contribution in [2.75, 3.05) is 5.32 Å². The van der Waals surface area contributed by atoms with Crippen LogP contribution in [-0.2, 0) is 6.54 Å². The zero-order chi connectivity index (χ0) is 15.6. The molecule has 0 spiro atoms. The van der Waals surface area contributed by atoms with Crippen LogP contribution >= 0.6 is 15.9 Å². The third-order valence-corrected chi connectivity index (χ3v) is 3.92. The number of carbonyl (C=O) groups excluding carboxylic acids is 1. The fraction of sp³-hybridized carbons (Fsp3) is 0.133. The van der Waals surface area contributed by atoms with Crippen LogP contribution < -0.4 is 11.1 Å². The number of halogens is 3. The highest BCUT2D eigenvalue weighted by molar-refractivity contribution is 9.10. The molecule has 2 aromatic carbocycles. The van der Waals surface area contributed by atoms with Gasteiger partial charge in [-0.05, 0) is 30.2 Å². The standard InChI is InChI=1S/C15H13BrF2N2O/c1-8-4-9(2-3-11(8)16)7-20-14-5-10(15(19)21)12(17)6-13(14)18/h2-6,20H,7H2,1H3,(H2,19,21). The number of aryl methyl sites for hydroxylation is 1. The molecule has 0 atom stereocenters. The largest absolute Gasteiger partial charge is 0.379 e. The molecule has 0 heterocycles. The van der Waals surface area contributed by atoms with E-state index in [9.17, 15) is 13.6 Å². The number of rotatable bonds is 4. The molecular weight excluding hydrogens is 342 g/mol. The van der Waals surface area contributed by atoms with E-state index in [1.807, 2.05) is 25.1 Å². The van der Waals surface area contributed by atoms with Gasteiger partial charge in [0.2, 0.25) is 0 Å². The van der Waals surface area contributed by atoms with Crippen molar-refractivity contribution in [2.24, 2.45) is 5.73 Å². The predicted octanol–water partition coefficient (Wildman–Crippen LogP) is 3.75. The first-order valence-electron chi connectivity index (χ1n) is 6.16. The maximum Gasteiger partial charge on any atom is 0.251 e. The quantitative estimate of drug-likeness (QED) is 0.878. The summed E-state index contributed by atoms with van der Waals surface area (Å²) in [5, 5.41) is 2.83. The second kappa shape index (κ2) is 6.22. The summed E-state index contributed by atoms with van der Waals surface area (Å²) >= 11 is 3.40. The first-order chi connectivity index (χ1) is 9.88. The number of benzene rings is 2. The number of primary amides is 1. The van der Waals surface area contributed by atoms with E-state index in [-0.39, 0.29) is 11.3 Å². The molecule has 0 bridgehead atoms. The molecule has 0 unspecified atom stereocenters. The average molecular weight is 355 g/mol. The second-order valence-electron chi connectivity index (χ2n) is 4.61. The molecule has 0 aliphatic heterocycles. The maximum atomic E-state index is 13.7. The second-order valence-corrected chi connectivity index (χ2v) is 5.47. The van der Waals surface area contributed by atoms with E-state index in [4.69, 9.17) is 5.73 Å². The molecule has 0 aromatic heterocycles. The molecule has 0 saturated heterocycles. The van der Waals surface area contributed by atoms with Crippen LogP contribution in [0.3, 0.4) is 0 Å². The van der Waals surface area contributed by atoms with Gasteiger partial charge in [-0.2, -0.15) is 0 Å². The van der Waals surface area contributed by atoms with Crippen LogP contribution in [0.25, 0.3) is 0 Å². The number of nitrogens with one attached hydrogen (secondary N) is 1. The summed E-state index contributed by atoms with van der Waals surface area (Å²) in [5.74, 6) is -2.67. The average Bonchev–Trinajstić information content (AvgIpc) is 2.41. The minimum absolute atomic E-state index is 0.0331. The molecule has 0 aliphatic carbocycles. The predicted molar refractivity (Wildman–Crippen MR) is 81.1 cm³/mol. The lowest BCUT2D eigenvalue weighted by Gasteiger charge is -2.10. The molecule has 0 fully saturated rings. The topological polar surface area (TPSA) is 55.1 Å². The van der Waals surface area contributed by atoms with E-state index in [2.05, 4.69) is 21.2 Å². The summed E-state index contributed by atoms with van der Waals surface area (Å²) in [4.78, 5) is 11.1. The molecule has 21 heavy (non-hydrogen) atoms. The summed E-state index contributed by atoms with van der Waals surface area (Å²) in [6, 6.07) is 7.43. The number of anilines is 1. The highest BCUT2D eigenvalue weighted by Crippen LogP contribution is 2.21. The van der Waals surface area contributed by atoms with Crippen molar-refractivity contribution >= 4 is 27.5 Å². The van der Waals surface area contributed by atoms with Gasteiger partial charge >= 0.3 is 0 Å². The van der Waals surface area contributed by atoms with E-state index in [1.165, 1.54) is 0 Å². The Bertz CT molecular complexity index is 704. The van der Waals surface area contributed by atoms with E-state index in [0.29, 0.717) is 12.6 Å². The first-order valence-corrected chi connectivity index (χ1v) is 6.95. The lowest BCUT2D eigenvalue weighted by molar-refractivity contribution is 0.0996. The van der Waals surface area contributed by atoms with E-state index in [1.54, 1.807) is 0 Å². The molecular formula is C15H13BrF2N2O. The van der Waals surface area contributed by atoms with Crippen molar-refractivity contribution < 1.29 is 13.6 Å². The zero-order valence-electron chi connectivity index (χ0n) is 11.2. The summed E-state index contributed by atoms with van der Waals surface area (Å²) in [7, 11) is 0. The summed E-state index contributed by atoms with van der Waals surface area (Å²) in [5.41, 5.74) is 6.71. The van der Waals surface area contributed by atoms with Crippen LogP contribution in [-0.4, -0.2) is 5.91 Å².